The Morgan fingerprint density at radius 1 is 1.22 bits per heavy atom. The second-order valence-corrected chi connectivity index (χ2v) is 7.58. The van der Waals surface area contributed by atoms with Crippen LogP contribution in [-0.4, -0.2) is 40.7 Å². The van der Waals surface area contributed by atoms with Gasteiger partial charge in [-0.05, 0) is 51.8 Å². The van der Waals surface area contributed by atoms with E-state index in [1.54, 1.807) is 7.11 Å². The maximum atomic E-state index is 12.8. The summed E-state index contributed by atoms with van der Waals surface area (Å²) >= 11 is 1.26. The van der Waals surface area contributed by atoms with E-state index in [2.05, 4.69) is 9.55 Å². The number of primary amides is 1. The number of pyridine rings is 1. The summed E-state index contributed by atoms with van der Waals surface area (Å²) in [6.07, 6.45) is 0.893. The van der Waals surface area contributed by atoms with E-state index in [0.29, 0.717) is 22.8 Å². The minimum atomic E-state index is -0.522. The minimum absolute atomic E-state index is 0.0162. The van der Waals surface area contributed by atoms with Crippen molar-refractivity contribution >= 4 is 23.5 Å². The molecule has 0 atom stereocenters. The number of ketones is 1. The van der Waals surface area contributed by atoms with E-state index in [9.17, 15) is 9.59 Å². The molecular weight excluding hydrogens is 362 g/mol. The third-order valence-corrected chi connectivity index (χ3v) is 5.48. The number of ether oxygens (including phenoxy) is 1. The van der Waals surface area contributed by atoms with Gasteiger partial charge in [0.1, 0.15) is 5.03 Å². The molecule has 0 saturated carbocycles. The second-order valence-electron chi connectivity index (χ2n) is 6.62. The molecule has 0 spiro atoms. The molecule has 146 valence electrons. The molecular formula is C20H27N3O3S. The molecule has 0 aliphatic heterocycles. The molecule has 6 nitrogen and oxygen atoms in total. The zero-order valence-electron chi connectivity index (χ0n) is 16.6. The Labute approximate surface area is 164 Å². The number of thioether (sulfide) groups is 1. The van der Waals surface area contributed by atoms with E-state index in [1.165, 1.54) is 11.8 Å². The topological polar surface area (TPSA) is 87.2 Å². The first-order valence-electron chi connectivity index (χ1n) is 8.86. The van der Waals surface area contributed by atoms with Crippen molar-refractivity contribution in [2.45, 2.75) is 45.7 Å². The van der Waals surface area contributed by atoms with Gasteiger partial charge in [-0.3, -0.25) is 9.59 Å². The van der Waals surface area contributed by atoms with Gasteiger partial charge in [-0.2, -0.15) is 0 Å². The molecule has 27 heavy (non-hydrogen) atoms. The van der Waals surface area contributed by atoms with Crippen LogP contribution in [-0.2, 0) is 11.3 Å². The van der Waals surface area contributed by atoms with Crippen molar-refractivity contribution < 1.29 is 14.3 Å². The zero-order chi connectivity index (χ0) is 20.1. The Morgan fingerprint density at radius 3 is 2.56 bits per heavy atom. The highest BCUT2D eigenvalue weighted by molar-refractivity contribution is 8.00. The number of rotatable bonds is 9. The summed E-state index contributed by atoms with van der Waals surface area (Å²) < 4.78 is 7.25. The monoisotopic (exact) mass is 389 g/mol. The average Bonchev–Trinajstić information content (AvgIpc) is 2.87. The number of nitrogens with zero attached hydrogens (tertiary/aromatic N) is 2. The van der Waals surface area contributed by atoms with Crippen LogP contribution in [0.3, 0.4) is 0 Å². The molecule has 0 aliphatic rings. The molecule has 0 bridgehead atoms. The zero-order valence-corrected chi connectivity index (χ0v) is 17.4. The lowest BCUT2D eigenvalue weighted by Gasteiger charge is -2.10. The summed E-state index contributed by atoms with van der Waals surface area (Å²) in [4.78, 5) is 29.0. The standard InChI is InChI=1S/C20H27N3O3S/c1-12-9-13(2)22-20(18(12)19(21)25)27-11-17(24)16-10-14(3)23(15(16)4)7-6-8-26-5/h9-10H,6-8,11H2,1-5H3,(H2,21,25). The van der Waals surface area contributed by atoms with Crippen LogP contribution in [0.5, 0.6) is 0 Å². The smallest absolute Gasteiger partial charge is 0.251 e. The van der Waals surface area contributed by atoms with Crippen LogP contribution in [0.15, 0.2) is 17.2 Å². The SMILES string of the molecule is COCCCn1c(C)cc(C(=O)CSc2nc(C)cc(C)c2C(N)=O)c1C. The van der Waals surface area contributed by atoms with Gasteiger partial charge in [-0.15, -0.1) is 0 Å². The summed E-state index contributed by atoms with van der Waals surface area (Å²) in [7, 11) is 1.68. The van der Waals surface area contributed by atoms with Crippen LogP contribution >= 0.6 is 11.8 Å². The highest BCUT2D eigenvalue weighted by atomic mass is 32.2. The number of nitrogens with two attached hydrogens (primary N) is 1. The van der Waals surface area contributed by atoms with Crippen LogP contribution in [0.4, 0.5) is 0 Å². The van der Waals surface area contributed by atoms with E-state index >= 15 is 0 Å². The molecule has 0 saturated heterocycles. The van der Waals surface area contributed by atoms with Gasteiger partial charge < -0.3 is 15.0 Å². The first kappa shape index (κ1) is 21.2. The van der Waals surface area contributed by atoms with Gasteiger partial charge >= 0.3 is 0 Å². The summed E-state index contributed by atoms with van der Waals surface area (Å²) in [5.41, 5.74) is 10.2. The fourth-order valence-electron chi connectivity index (χ4n) is 3.21. The van der Waals surface area contributed by atoms with Gasteiger partial charge in [0.25, 0.3) is 5.91 Å². The van der Waals surface area contributed by atoms with Crippen LogP contribution in [0, 0.1) is 27.7 Å². The van der Waals surface area contributed by atoms with E-state index in [4.69, 9.17) is 10.5 Å². The van der Waals surface area contributed by atoms with Crippen molar-refractivity contribution in [1.82, 2.24) is 9.55 Å². The first-order chi connectivity index (χ1) is 12.8. The number of carbonyl (C=O) groups excluding carboxylic acids is 2. The fraction of sp³-hybridized carbons (Fsp3) is 0.450. The van der Waals surface area contributed by atoms with Crippen LogP contribution in [0.2, 0.25) is 0 Å². The van der Waals surface area contributed by atoms with Crippen molar-refractivity contribution in [2.24, 2.45) is 5.73 Å². The molecule has 2 aromatic rings. The number of amides is 1. The van der Waals surface area contributed by atoms with Crippen molar-refractivity contribution in [3.8, 4) is 0 Å². The van der Waals surface area contributed by atoms with Crippen LogP contribution in [0.25, 0.3) is 0 Å². The lowest BCUT2D eigenvalue weighted by Crippen LogP contribution is -2.16. The van der Waals surface area contributed by atoms with Crippen LogP contribution in [0.1, 0.15) is 49.8 Å². The summed E-state index contributed by atoms with van der Waals surface area (Å²) in [5.74, 6) is -0.299. The predicted molar refractivity (Wildman–Crippen MR) is 108 cm³/mol. The largest absolute Gasteiger partial charge is 0.385 e. The number of aryl methyl sites for hydroxylation is 3. The number of hydrogen-bond acceptors (Lipinski definition) is 5. The predicted octanol–water partition coefficient (Wildman–Crippen LogP) is 3.23. The average molecular weight is 390 g/mol. The molecule has 2 aromatic heterocycles. The Balaban J connectivity index is 2.18. The molecule has 0 unspecified atom stereocenters. The molecule has 0 aromatic carbocycles. The molecule has 7 heteroatoms. The van der Waals surface area contributed by atoms with Gasteiger partial charge in [-0.25, -0.2) is 4.98 Å². The van der Waals surface area contributed by atoms with Crippen LogP contribution < -0.4 is 5.73 Å². The third kappa shape index (κ3) is 4.99. The molecule has 2 heterocycles. The lowest BCUT2D eigenvalue weighted by molar-refractivity contribution is 0.0992. The second kappa shape index (κ2) is 9.19. The molecule has 2 N–H and O–H groups in total. The Bertz CT molecular complexity index is 859. The Kier molecular flexibility index (Phi) is 7.21. The number of aromatic nitrogens is 2. The van der Waals surface area contributed by atoms with Gasteiger partial charge in [0.05, 0.1) is 11.3 Å². The lowest BCUT2D eigenvalue weighted by atomic mass is 10.1. The molecule has 2 rings (SSSR count). The van der Waals surface area contributed by atoms with Crippen molar-refractivity contribution in [3.05, 3.63) is 45.9 Å². The van der Waals surface area contributed by atoms with Crippen molar-refractivity contribution in [3.63, 3.8) is 0 Å². The van der Waals surface area contributed by atoms with Gasteiger partial charge in [0, 0.05) is 42.9 Å². The molecule has 0 fully saturated rings. The van der Waals surface area contributed by atoms with E-state index in [1.807, 2.05) is 39.8 Å². The van der Waals surface area contributed by atoms with E-state index < -0.39 is 5.91 Å². The molecule has 0 radical (unpaired) electrons. The van der Waals surface area contributed by atoms with Crippen molar-refractivity contribution in [2.75, 3.05) is 19.5 Å². The summed E-state index contributed by atoms with van der Waals surface area (Å²) in [5, 5.41) is 0.516. The van der Waals surface area contributed by atoms with E-state index in [0.717, 1.165) is 35.6 Å². The number of methoxy groups -OCH3 is 1. The fourth-order valence-corrected chi connectivity index (χ4v) is 4.25. The minimum Gasteiger partial charge on any atom is -0.385 e. The maximum absolute atomic E-state index is 12.8. The molecule has 0 aliphatic carbocycles. The van der Waals surface area contributed by atoms with Gasteiger partial charge in [0.2, 0.25) is 0 Å². The molecule has 1 amide bonds. The van der Waals surface area contributed by atoms with Gasteiger partial charge in [0.15, 0.2) is 5.78 Å². The van der Waals surface area contributed by atoms with E-state index in [-0.39, 0.29) is 11.5 Å². The number of Topliss-reactive ketones (excluding diaryl/α,β-unsaturated/α-hetero) is 1. The highest BCUT2D eigenvalue weighted by Crippen LogP contribution is 2.26. The first-order valence-corrected chi connectivity index (χ1v) is 9.84. The quantitative estimate of drug-likeness (QED) is 0.404. The summed E-state index contributed by atoms with van der Waals surface area (Å²) in [6, 6.07) is 3.74. The number of hydrogen-bond donors (Lipinski definition) is 1. The maximum Gasteiger partial charge on any atom is 0.251 e. The highest BCUT2D eigenvalue weighted by Gasteiger charge is 2.19. The Hall–Kier alpha value is -2.12. The Morgan fingerprint density at radius 2 is 1.93 bits per heavy atom. The summed E-state index contributed by atoms with van der Waals surface area (Å²) in [6.45, 7) is 9.15. The number of carbonyl (C=O) groups is 2. The van der Waals surface area contributed by atoms with Gasteiger partial charge in [-0.1, -0.05) is 11.8 Å². The van der Waals surface area contributed by atoms with Crippen molar-refractivity contribution in [1.29, 1.82) is 0 Å². The third-order valence-electron chi connectivity index (χ3n) is 4.50. The normalized spacial score (nSPS) is 11.0.